The molecule has 1 amide bonds. The Kier molecular flexibility index (Phi) is 6.88. The van der Waals surface area contributed by atoms with Gasteiger partial charge in [0.2, 0.25) is 11.8 Å². The molecule has 7 nitrogen and oxygen atoms in total. The SMILES string of the molecule is Cc1ccc(NC(=O)[C@H](Sc2nnc(C[C@H]3CCS(=O)(=O)C3)o2)c2ccccc2)cc1Cl. The molecule has 0 bridgehead atoms. The zero-order valence-corrected chi connectivity index (χ0v) is 19.7. The fourth-order valence-electron chi connectivity index (χ4n) is 3.53. The molecule has 1 aromatic heterocycles. The second kappa shape index (κ2) is 9.64. The molecule has 0 saturated carbocycles. The number of thioether (sulfide) groups is 1. The van der Waals surface area contributed by atoms with Crippen LogP contribution in [0.3, 0.4) is 0 Å². The molecule has 1 saturated heterocycles. The van der Waals surface area contributed by atoms with Crippen LogP contribution in [0.1, 0.15) is 28.7 Å². The number of carbonyl (C=O) groups is 1. The number of nitrogens with zero attached hydrogens (tertiary/aromatic N) is 2. The van der Waals surface area contributed by atoms with Crippen molar-refractivity contribution >= 4 is 44.8 Å². The summed E-state index contributed by atoms with van der Waals surface area (Å²) in [4.78, 5) is 13.1. The van der Waals surface area contributed by atoms with Crippen LogP contribution >= 0.6 is 23.4 Å². The van der Waals surface area contributed by atoms with Gasteiger partial charge in [-0.25, -0.2) is 8.42 Å². The lowest BCUT2D eigenvalue weighted by Gasteiger charge is -2.15. The summed E-state index contributed by atoms with van der Waals surface area (Å²) in [6.45, 7) is 1.89. The second-order valence-electron chi connectivity index (χ2n) is 7.80. The van der Waals surface area contributed by atoms with E-state index in [0.29, 0.717) is 29.4 Å². The van der Waals surface area contributed by atoms with Crippen molar-refractivity contribution < 1.29 is 17.6 Å². The first-order valence-electron chi connectivity index (χ1n) is 10.1. The van der Waals surface area contributed by atoms with Gasteiger partial charge < -0.3 is 9.73 Å². The van der Waals surface area contributed by atoms with Crippen molar-refractivity contribution in [1.29, 1.82) is 0 Å². The van der Waals surface area contributed by atoms with Crippen LogP contribution in [0, 0.1) is 12.8 Å². The van der Waals surface area contributed by atoms with Gasteiger partial charge in [-0.05, 0) is 54.3 Å². The van der Waals surface area contributed by atoms with E-state index in [4.69, 9.17) is 16.0 Å². The molecule has 0 spiro atoms. The third kappa shape index (κ3) is 5.70. The van der Waals surface area contributed by atoms with Crippen LogP contribution in [0.2, 0.25) is 5.02 Å². The fourth-order valence-corrected chi connectivity index (χ4v) is 6.46. The highest BCUT2D eigenvalue weighted by Crippen LogP contribution is 2.36. The van der Waals surface area contributed by atoms with Gasteiger partial charge in [-0.15, -0.1) is 10.2 Å². The number of hydrogen-bond acceptors (Lipinski definition) is 7. The van der Waals surface area contributed by atoms with Gasteiger partial charge in [0.05, 0.1) is 11.5 Å². The Morgan fingerprint density at radius 1 is 1.25 bits per heavy atom. The maximum atomic E-state index is 13.1. The fraction of sp³-hybridized carbons (Fsp3) is 0.318. The number of aryl methyl sites for hydroxylation is 1. The summed E-state index contributed by atoms with van der Waals surface area (Å²) in [5.74, 6) is 0.464. The first-order chi connectivity index (χ1) is 15.3. The summed E-state index contributed by atoms with van der Waals surface area (Å²) in [6, 6.07) is 14.7. The summed E-state index contributed by atoms with van der Waals surface area (Å²) in [6.07, 6.45) is 1.01. The van der Waals surface area contributed by atoms with E-state index in [1.807, 2.05) is 43.3 Å². The zero-order chi connectivity index (χ0) is 22.7. The maximum Gasteiger partial charge on any atom is 0.277 e. The van der Waals surface area contributed by atoms with Gasteiger partial charge in [0.15, 0.2) is 9.84 Å². The van der Waals surface area contributed by atoms with Crippen LogP contribution in [0.25, 0.3) is 0 Å². The molecule has 0 radical (unpaired) electrons. The minimum atomic E-state index is -2.97. The maximum absolute atomic E-state index is 13.1. The number of aromatic nitrogens is 2. The molecule has 2 atom stereocenters. The van der Waals surface area contributed by atoms with Crippen LogP contribution in [0.15, 0.2) is 58.2 Å². The Balaban J connectivity index is 1.49. The number of carbonyl (C=O) groups excluding carboxylic acids is 1. The predicted octanol–water partition coefficient (Wildman–Crippen LogP) is 4.48. The van der Waals surface area contributed by atoms with E-state index in [9.17, 15) is 13.2 Å². The molecule has 4 rings (SSSR count). The Morgan fingerprint density at radius 3 is 2.72 bits per heavy atom. The summed E-state index contributed by atoms with van der Waals surface area (Å²) in [5, 5.41) is 11.2. The van der Waals surface area contributed by atoms with Crippen LogP contribution in [0.4, 0.5) is 5.69 Å². The number of halogens is 1. The zero-order valence-electron chi connectivity index (χ0n) is 17.3. The summed E-state index contributed by atoms with van der Waals surface area (Å²) >= 11 is 7.34. The second-order valence-corrected chi connectivity index (χ2v) is 11.5. The molecule has 32 heavy (non-hydrogen) atoms. The Bertz CT molecular complexity index is 1210. The number of nitrogens with one attached hydrogen (secondary N) is 1. The molecule has 0 aliphatic carbocycles. The van der Waals surface area contributed by atoms with Crippen molar-refractivity contribution in [2.45, 2.75) is 30.2 Å². The Labute approximate surface area is 195 Å². The number of benzene rings is 2. The third-order valence-corrected chi connectivity index (χ3v) is 8.57. The minimum Gasteiger partial charge on any atom is -0.416 e. The monoisotopic (exact) mass is 491 g/mol. The summed E-state index contributed by atoms with van der Waals surface area (Å²) in [7, 11) is -2.97. The van der Waals surface area contributed by atoms with Crippen LogP contribution in [0.5, 0.6) is 0 Å². The van der Waals surface area contributed by atoms with Gasteiger partial charge in [0.25, 0.3) is 5.22 Å². The molecular weight excluding hydrogens is 470 g/mol. The van der Waals surface area contributed by atoms with E-state index < -0.39 is 15.1 Å². The van der Waals surface area contributed by atoms with Crippen molar-refractivity contribution in [1.82, 2.24) is 10.2 Å². The van der Waals surface area contributed by atoms with Crippen molar-refractivity contribution in [3.05, 3.63) is 70.6 Å². The van der Waals surface area contributed by atoms with Gasteiger partial charge in [0.1, 0.15) is 5.25 Å². The first kappa shape index (κ1) is 22.8. The molecule has 2 aromatic carbocycles. The molecule has 1 aliphatic heterocycles. The average molecular weight is 492 g/mol. The van der Waals surface area contributed by atoms with E-state index in [0.717, 1.165) is 22.9 Å². The highest BCUT2D eigenvalue weighted by Gasteiger charge is 2.30. The standard InChI is InChI=1S/C22H22ClN3O4S2/c1-14-7-8-17(12-18(14)23)24-21(27)20(16-5-3-2-4-6-16)31-22-26-25-19(30-22)11-15-9-10-32(28,29)13-15/h2-8,12,15,20H,9-11,13H2,1H3,(H,24,27)/t15-,20-/m1/s1. The summed E-state index contributed by atoms with van der Waals surface area (Å²) in [5.41, 5.74) is 2.31. The topological polar surface area (TPSA) is 102 Å². The minimum absolute atomic E-state index is 0.0159. The van der Waals surface area contributed by atoms with Crippen LogP contribution < -0.4 is 5.32 Å². The first-order valence-corrected chi connectivity index (χ1v) is 13.2. The van der Waals surface area contributed by atoms with Gasteiger partial charge in [-0.2, -0.15) is 0 Å². The third-order valence-electron chi connectivity index (χ3n) is 5.24. The number of sulfone groups is 1. The highest BCUT2D eigenvalue weighted by atomic mass is 35.5. The largest absolute Gasteiger partial charge is 0.416 e. The van der Waals surface area contributed by atoms with Crippen LogP contribution in [-0.4, -0.2) is 36.0 Å². The number of anilines is 1. The number of rotatable bonds is 7. The lowest BCUT2D eigenvalue weighted by molar-refractivity contribution is -0.115. The molecule has 1 fully saturated rings. The lowest BCUT2D eigenvalue weighted by atomic mass is 10.1. The quantitative estimate of drug-likeness (QED) is 0.486. The van der Waals surface area contributed by atoms with Crippen molar-refractivity contribution in [3.8, 4) is 0 Å². The molecule has 3 aromatic rings. The van der Waals surface area contributed by atoms with Gasteiger partial charge >= 0.3 is 0 Å². The van der Waals surface area contributed by atoms with E-state index in [2.05, 4.69) is 15.5 Å². The van der Waals surface area contributed by atoms with Crippen LogP contribution in [-0.2, 0) is 21.1 Å². The van der Waals surface area contributed by atoms with Crippen molar-refractivity contribution in [2.24, 2.45) is 5.92 Å². The predicted molar refractivity (Wildman–Crippen MR) is 125 cm³/mol. The summed E-state index contributed by atoms with van der Waals surface area (Å²) < 4.78 is 29.1. The highest BCUT2D eigenvalue weighted by molar-refractivity contribution is 8.00. The molecule has 2 heterocycles. The molecule has 1 N–H and O–H groups in total. The molecule has 0 unspecified atom stereocenters. The van der Waals surface area contributed by atoms with E-state index in [-0.39, 0.29) is 28.6 Å². The molecule has 10 heteroatoms. The lowest BCUT2D eigenvalue weighted by Crippen LogP contribution is -2.19. The van der Waals surface area contributed by atoms with E-state index >= 15 is 0 Å². The van der Waals surface area contributed by atoms with Crippen molar-refractivity contribution in [3.63, 3.8) is 0 Å². The Morgan fingerprint density at radius 2 is 2.03 bits per heavy atom. The van der Waals surface area contributed by atoms with Gasteiger partial charge in [0, 0.05) is 17.1 Å². The molecule has 168 valence electrons. The van der Waals surface area contributed by atoms with Crippen molar-refractivity contribution in [2.75, 3.05) is 16.8 Å². The van der Waals surface area contributed by atoms with Gasteiger partial charge in [-0.1, -0.05) is 48.0 Å². The molecule has 1 aliphatic rings. The molecular formula is C22H22ClN3O4S2. The normalized spacial score (nSPS) is 18.4. The van der Waals surface area contributed by atoms with Gasteiger partial charge in [-0.3, -0.25) is 4.79 Å². The van der Waals surface area contributed by atoms with E-state index in [1.54, 1.807) is 12.1 Å². The number of amides is 1. The smallest absolute Gasteiger partial charge is 0.277 e. The number of hydrogen-bond donors (Lipinski definition) is 1. The van der Waals surface area contributed by atoms with E-state index in [1.165, 1.54) is 0 Å². The average Bonchev–Trinajstić information content (AvgIpc) is 3.35. The Hall–Kier alpha value is -2.36.